The van der Waals surface area contributed by atoms with Crippen LogP contribution in [0.4, 0.5) is 0 Å². The van der Waals surface area contributed by atoms with Gasteiger partial charge < -0.3 is 14.7 Å². The van der Waals surface area contributed by atoms with Crippen LogP contribution in [0.2, 0.25) is 0 Å². The van der Waals surface area contributed by atoms with E-state index in [1.165, 1.54) is 58.7 Å². The van der Waals surface area contributed by atoms with E-state index in [1.54, 1.807) is 0 Å². The van der Waals surface area contributed by atoms with E-state index in [4.69, 9.17) is 0 Å². The molecule has 104 valence electrons. The molecule has 0 heterocycles. The van der Waals surface area contributed by atoms with Crippen LogP contribution < -0.4 is 0 Å². The van der Waals surface area contributed by atoms with Crippen molar-refractivity contribution < 1.29 is 0 Å². The Labute approximate surface area is 109 Å². The Kier molecular flexibility index (Phi) is 10.9. The van der Waals surface area contributed by atoms with E-state index in [0.717, 1.165) is 0 Å². The molecule has 0 fully saturated rings. The lowest BCUT2D eigenvalue weighted by molar-refractivity contribution is 0.234. The molecule has 0 spiro atoms. The molecule has 0 unspecified atom stereocenters. The van der Waals surface area contributed by atoms with Gasteiger partial charge in [0, 0.05) is 0 Å². The quantitative estimate of drug-likeness (QED) is 0.549. The minimum Gasteiger partial charge on any atom is -0.309 e. The second-order valence-electron chi connectivity index (χ2n) is 4.97. The van der Waals surface area contributed by atoms with E-state index < -0.39 is 0 Å². The summed E-state index contributed by atoms with van der Waals surface area (Å²) in [6.07, 6.45) is 2.59. The van der Waals surface area contributed by atoms with Crippen LogP contribution in [0.25, 0.3) is 0 Å². The molecular formula is C14H33N3. The van der Waals surface area contributed by atoms with Gasteiger partial charge in [0.2, 0.25) is 0 Å². The molecule has 0 aromatic rings. The minimum absolute atomic E-state index is 1.18. The fraction of sp³-hybridized carbons (Fsp3) is 1.00. The summed E-state index contributed by atoms with van der Waals surface area (Å²) < 4.78 is 0. The Balaban J connectivity index is 3.60. The van der Waals surface area contributed by atoms with E-state index in [1.807, 2.05) is 0 Å². The van der Waals surface area contributed by atoms with Gasteiger partial charge in [0.25, 0.3) is 0 Å². The molecule has 3 nitrogen and oxygen atoms in total. The molecule has 0 saturated heterocycles. The first-order valence-corrected chi connectivity index (χ1v) is 7.23. The van der Waals surface area contributed by atoms with Gasteiger partial charge in [-0.25, -0.2) is 0 Å². The predicted octanol–water partition coefficient (Wildman–Crippen LogP) is 1.99. The molecule has 0 bridgehead atoms. The van der Waals surface area contributed by atoms with Gasteiger partial charge in [-0.05, 0) is 72.8 Å². The summed E-state index contributed by atoms with van der Waals surface area (Å²) in [7, 11) is 4.30. The van der Waals surface area contributed by atoms with E-state index in [0.29, 0.717) is 0 Å². The van der Waals surface area contributed by atoms with Gasteiger partial charge >= 0.3 is 0 Å². The van der Waals surface area contributed by atoms with Crippen LogP contribution in [-0.4, -0.2) is 74.6 Å². The largest absolute Gasteiger partial charge is 0.309 e. The highest BCUT2D eigenvalue weighted by molar-refractivity contribution is 4.60. The monoisotopic (exact) mass is 243 g/mol. The molecule has 0 aromatic carbocycles. The SMILES string of the molecule is CCN(CC)CCCN(CC)CCCN(C)C. The van der Waals surface area contributed by atoms with Crippen LogP contribution in [-0.2, 0) is 0 Å². The lowest BCUT2D eigenvalue weighted by atomic mass is 10.3. The Morgan fingerprint density at radius 1 is 0.588 bits per heavy atom. The average molecular weight is 243 g/mol. The van der Waals surface area contributed by atoms with E-state index >= 15 is 0 Å². The first-order valence-electron chi connectivity index (χ1n) is 7.23. The van der Waals surface area contributed by atoms with Gasteiger partial charge in [-0.1, -0.05) is 20.8 Å². The molecule has 0 saturated carbocycles. The molecule has 0 aromatic heterocycles. The van der Waals surface area contributed by atoms with E-state index in [9.17, 15) is 0 Å². The van der Waals surface area contributed by atoms with Crippen molar-refractivity contribution in [1.82, 2.24) is 14.7 Å². The highest BCUT2D eigenvalue weighted by Crippen LogP contribution is 1.97. The number of rotatable bonds is 11. The van der Waals surface area contributed by atoms with Crippen molar-refractivity contribution in [3.05, 3.63) is 0 Å². The summed E-state index contributed by atoms with van der Waals surface area (Å²) in [6.45, 7) is 15.3. The second kappa shape index (κ2) is 11.0. The van der Waals surface area contributed by atoms with Crippen LogP contribution in [0.1, 0.15) is 33.6 Å². The maximum atomic E-state index is 2.58. The van der Waals surface area contributed by atoms with Crippen LogP contribution in [0.3, 0.4) is 0 Å². The third-order valence-corrected chi connectivity index (χ3v) is 3.37. The third-order valence-electron chi connectivity index (χ3n) is 3.37. The zero-order valence-corrected chi connectivity index (χ0v) is 12.7. The molecular weight excluding hydrogens is 210 g/mol. The molecule has 0 aliphatic carbocycles. The molecule has 0 amide bonds. The summed E-state index contributed by atoms with van der Waals surface area (Å²) in [6, 6.07) is 0. The first-order chi connectivity index (χ1) is 8.13. The Bertz CT molecular complexity index is 156. The third kappa shape index (κ3) is 9.57. The fourth-order valence-corrected chi connectivity index (χ4v) is 2.10. The average Bonchev–Trinajstić information content (AvgIpc) is 2.32. The highest BCUT2D eigenvalue weighted by atomic mass is 15.1. The zero-order chi connectivity index (χ0) is 13.1. The zero-order valence-electron chi connectivity index (χ0n) is 12.7. The molecule has 0 aliphatic rings. The van der Waals surface area contributed by atoms with Crippen molar-refractivity contribution in [3.8, 4) is 0 Å². The number of nitrogens with zero attached hydrogens (tertiary/aromatic N) is 3. The molecule has 0 radical (unpaired) electrons. The van der Waals surface area contributed by atoms with Crippen molar-refractivity contribution in [2.45, 2.75) is 33.6 Å². The number of hydrogen-bond donors (Lipinski definition) is 0. The van der Waals surface area contributed by atoms with Crippen molar-refractivity contribution in [1.29, 1.82) is 0 Å². The summed E-state index contributed by atoms with van der Waals surface area (Å²) in [5.41, 5.74) is 0. The van der Waals surface area contributed by atoms with Crippen molar-refractivity contribution in [2.75, 3.05) is 59.9 Å². The Morgan fingerprint density at radius 3 is 1.41 bits per heavy atom. The lowest BCUT2D eigenvalue weighted by Gasteiger charge is -2.23. The molecule has 17 heavy (non-hydrogen) atoms. The van der Waals surface area contributed by atoms with Crippen molar-refractivity contribution in [3.63, 3.8) is 0 Å². The highest BCUT2D eigenvalue weighted by Gasteiger charge is 2.04. The predicted molar refractivity (Wildman–Crippen MR) is 77.7 cm³/mol. The van der Waals surface area contributed by atoms with Gasteiger partial charge in [0.1, 0.15) is 0 Å². The standard InChI is InChI=1S/C14H33N3/c1-6-16(7-2)12-10-14-17(8-3)13-9-11-15(4)5/h6-14H2,1-5H3. The van der Waals surface area contributed by atoms with Crippen LogP contribution in [0.5, 0.6) is 0 Å². The molecule has 0 atom stereocenters. The lowest BCUT2D eigenvalue weighted by Crippen LogP contribution is -2.31. The van der Waals surface area contributed by atoms with Crippen LogP contribution in [0, 0.1) is 0 Å². The Morgan fingerprint density at radius 2 is 1.00 bits per heavy atom. The molecule has 0 N–H and O–H groups in total. The smallest absolute Gasteiger partial charge is 0.000665 e. The minimum atomic E-state index is 1.18. The van der Waals surface area contributed by atoms with Crippen molar-refractivity contribution in [2.24, 2.45) is 0 Å². The van der Waals surface area contributed by atoms with Gasteiger partial charge in [-0.3, -0.25) is 0 Å². The maximum Gasteiger partial charge on any atom is -0.000665 e. The fourth-order valence-electron chi connectivity index (χ4n) is 2.10. The topological polar surface area (TPSA) is 9.72 Å². The van der Waals surface area contributed by atoms with Gasteiger partial charge in [0.05, 0.1) is 0 Å². The van der Waals surface area contributed by atoms with Crippen LogP contribution in [0.15, 0.2) is 0 Å². The first kappa shape index (κ1) is 16.9. The Hall–Kier alpha value is -0.120. The number of hydrogen-bond acceptors (Lipinski definition) is 3. The van der Waals surface area contributed by atoms with Crippen LogP contribution >= 0.6 is 0 Å². The summed E-state index contributed by atoms with van der Waals surface area (Å²) >= 11 is 0. The van der Waals surface area contributed by atoms with Crippen molar-refractivity contribution >= 4 is 0 Å². The summed E-state index contributed by atoms with van der Waals surface area (Å²) in [5, 5.41) is 0. The molecule has 0 aliphatic heterocycles. The molecule has 3 heteroatoms. The summed E-state index contributed by atoms with van der Waals surface area (Å²) in [4.78, 5) is 7.35. The maximum absolute atomic E-state index is 2.58. The molecule has 0 rings (SSSR count). The summed E-state index contributed by atoms with van der Waals surface area (Å²) in [5.74, 6) is 0. The van der Waals surface area contributed by atoms with E-state index in [-0.39, 0.29) is 0 Å². The van der Waals surface area contributed by atoms with Gasteiger partial charge in [-0.2, -0.15) is 0 Å². The van der Waals surface area contributed by atoms with E-state index in [2.05, 4.69) is 49.6 Å². The normalized spacial score (nSPS) is 12.0. The van der Waals surface area contributed by atoms with Gasteiger partial charge in [0.15, 0.2) is 0 Å². The van der Waals surface area contributed by atoms with Gasteiger partial charge in [-0.15, -0.1) is 0 Å². The second-order valence-corrected chi connectivity index (χ2v) is 4.97.